The third-order valence-corrected chi connectivity index (χ3v) is 3.17. The van der Waals surface area contributed by atoms with E-state index in [9.17, 15) is 0 Å². The number of hydrogen-bond acceptors (Lipinski definition) is 4. The lowest BCUT2D eigenvalue weighted by molar-refractivity contribution is -0.104. The van der Waals surface area contributed by atoms with E-state index >= 15 is 0 Å². The van der Waals surface area contributed by atoms with E-state index in [4.69, 9.17) is 14.3 Å². The summed E-state index contributed by atoms with van der Waals surface area (Å²) in [7, 11) is 3.26. The number of nitrogens with one attached hydrogen (secondary N) is 1. The molecule has 1 aliphatic carbocycles. The molecule has 1 spiro atoms. The predicted octanol–water partition coefficient (Wildman–Crippen LogP) is 1.73. The fourth-order valence-electron chi connectivity index (χ4n) is 2.37. The summed E-state index contributed by atoms with van der Waals surface area (Å²) in [5.74, 6) is 0. The maximum Gasteiger partial charge on any atom is 0.200 e. The van der Waals surface area contributed by atoms with E-state index in [2.05, 4.69) is 11.6 Å². The van der Waals surface area contributed by atoms with Crippen molar-refractivity contribution in [2.75, 3.05) is 14.2 Å². The average molecular weight is 213 g/mol. The first-order valence-electron chi connectivity index (χ1n) is 5.52. The van der Waals surface area contributed by atoms with Gasteiger partial charge in [-0.15, -0.1) is 0 Å². The lowest BCUT2D eigenvalue weighted by Gasteiger charge is -2.29. The zero-order chi connectivity index (χ0) is 10.7. The van der Waals surface area contributed by atoms with Crippen molar-refractivity contribution in [1.29, 1.82) is 0 Å². The van der Waals surface area contributed by atoms with E-state index < -0.39 is 0 Å². The highest BCUT2D eigenvalue weighted by atomic mass is 16.7. The molecule has 1 heterocycles. The fraction of sp³-hybridized carbons (Fsp3) is 0.818. The monoisotopic (exact) mass is 213 g/mol. The highest BCUT2D eigenvalue weighted by Gasteiger charge is 2.38. The molecule has 0 radical (unpaired) electrons. The van der Waals surface area contributed by atoms with Gasteiger partial charge in [0.1, 0.15) is 5.60 Å². The second kappa shape index (κ2) is 4.51. The van der Waals surface area contributed by atoms with Crippen LogP contribution in [0.2, 0.25) is 0 Å². The van der Waals surface area contributed by atoms with Crippen molar-refractivity contribution in [3.8, 4) is 0 Å². The second-order valence-corrected chi connectivity index (χ2v) is 4.23. The zero-order valence-corrected chi connectivity index (χ0v) is 9.41. The second-order valence-electron chi connectivity index (χ2n) is 4.23. The molecule has 2 rings (SSSR count). The van der Waals surface area contributed by atoms with Gasteiger partial charge in [0, 0.05) is 14.2 Å². The van der Waals surface area contributed by atoms with Crippen LogP contribution < -0.4 is 5.48 Å². The largest absolute Gasteiger partial charge is 0.350 e. The summed E-state index contributed by atoms with van der Waals surface area (Å²) in [6.45, 7) is 0. The lowest BCUT2D eigenvalue weighted by Crippen LogP contribution is -2.32. The van der Waals surface area contributed by atoms with Gasteiger partial charge >= 0.3 is 0 Å². The van der Waals surface area contributed by atoms with E-state index in [0.29, 0.717) is 0 Å². The van der Waals surface area contributed by atoms with E-state index in [1.54, 1.807) is 14.2 Å². The van der Waals surface area contributed by atoms with Gasteiger partial charge in [-0.2, -0.15) is 0 Å². The molecule has 4 nitrogen and oxygen atoms in total. The summed E-state index contributed by atoms with van der Waals surface area (Å²) < 4.78 is 10.4. The van der Waals surface area contributed by atoms with Gasteiger partial charge in [-0.3, -0.25) is 10.3 Å². The van der Waals surface area contributed by atoms with Crippen molar-refractivity contribution in [2.45, 2.75) is 44.0 Å². The Morgan fingerprint density at radius 2 is 1.93 bits per heavy atom. The van der Waals surface area contributed by atoms with Crippen molar-refractivity contribution in [3.63, 3.8) is 0 Å². The molecule has 1 fully saturated rings. The molecule has 1 N–H and O–H groups in total. The maximum absolute atomic E-state index is 5.68. The smallest absolute Gasteiger partial charge is 0.200 e. The number of rotatable bonds is 3. The molecule has 0 saturated heterocycles. The molecular weight excluding hydrogens is 194 g/mol. The number of hydrogen-bond donors (Lipinski definition) is 1. The Bertz CT molecular complexity index is 242. The van der Waals surface area contributed by atoms with Crippen LogP contribution in [-0.4, -0.2) is 26.1 Å². The fourth-order valence-corrected chi connectivity index (χ4v) is 2.37. The van der Waals surface area contributed by atoms with Crippen molar-refractivity contribution < 1.29 is 14.3 Å². The summed E-state index contributed by atoms with van der Waals surface area (Å²) >= 11 is 0. The first-order chi connectivity index (χ1) is 7.29. The molecule has 0 unspecified atom stereocenters. The molecule has 1 aliphatic heterocycles. The SMILES string of the molecule is COC(OC)C1=CC2(CCCCC2)ON1. The molecule has 0 aromatic heterocycles. The Morgan fingerprint density at radius 3 is 2.53 bits per heavy atom. The van der Waals surface area contributed by atoms with Crippen LogP contribution in [0.1, 0.15) is 32.1 Å². The van der Waals surface area contributed by atoms with Crippen molar-refractivity contribution in [1.82, 2.24) is 5.48 Å². The van der Waals surface area contributed by atoms with Crippen LogP contribution in [0.5, 0.6) is 0 Å². The van der Waals surface area contributed by atoms with Gasteiger partial charge in [-0.25, -0.2) is 0 Å². The quantitative estimate of drug-likeness (QED) is 0.725. The minimum absolute atomic E-state index is 0.108. The predicted molar refractivity (Wildman–Crippen MR) is 55.9 cm³/mol. The highest BCUT2D eigenvalue weighted by molar-refractivity contribution is 5.16. The molecule has 4 heteroatoms. The van der Waals surface area contributed by atoms with Gasteiger partial charge in [0.25, 0.3) is 0 Å². The summed E-state index contributed by atoms with van der Waals surface area (Å²) in [5, 5.41) is 0. The van der Waals surface area contributed by atoms with Crippen LogP contribution in [0.25, 0.3) is 0 Å². The molecule has 0 amide bonds. The molecule has 0 atom stereocenters. The van der Waals surface area contributed by atoms with E-state index in [1.807, 2.05) is 0 Å². The lowest BCUT2D eigenvalue weighted by atomic mass is 9.84. The van der Waals surface area contributed by atoms with Gasteiger partial charge in [0.15, 0.2) is 6.29 Å². The average Bonchev–Trinajstić information content (AvgIpc) is 2.65. The van der Waals surface area contributed by atoms with E-state index in [0.717, 1.165) is 18.5 Å². The highest BCUT2D eigenvalue weighted by Crippen LogP contribution is 2.36. The third-order valence-electron chi connectivity index (χ3n) is 3.17. The molecule has 1 saturated carbocycles. The van der Waals surface area contributed by atoms with Crippen molar-refractivity contribution in [2.24, 2.45) is 0 Å². The summed E-state index contributed by atoms with van der Waals surface area (Å²) in [4.78, 5) is 5.68. The van der Waals surface area contributed by atoms with Crippen LogP contribution in [0.15, 0.2) is 11.8 Å². The Balaban J connectivity index is 2.06. The van der Waals surface area contributed by atoms with Crippen LogP contribution >= 0.6 is 0 Å². The Labute approximate surface area is 90.5 Å². The molecule has 0 aromatic carbocycles. The van der Waals surface area contributed by atoms with E-state index in [-0.39, 0.29) is 11.9 Å². The number of methoxy groups -OCH3 is 2. The standard InChI is InChI=1S/C11H19NO3/c1-13-10(14-2)9-8-11(15-12-9)6-4-3-5-7-11/h8,10,12H,3-7H2,1-2H3. The van der Waals surface area contributed by atoms with Crippen LogP contribution in [0.4, 0.5) is 0 Å². The maximum atomic E-state index is 5.68. The van der Waals surface area contributed by atoms with Gasteiger partial charge in [-0.05, 0) is 18.9 Å². The van der Waals surface area contributed by atoms with Gasteiger partial charge in [0.05, 0.1) is 5.70 Å². The molecule has 86 valence electrons. The van der Waals surface area contributed by atoms with Crippen molar-refractivity contribution >= 4 is 0 Å². The number of ether oxygens (including phenoxy) is 2. The summed E-state index contributed by atoms with van der Waals surface area (Å²) in [6, 6.07) is 0. The normalized spacial score (nSPS) is 24.3. The molecule has 0 bridgehead atoms. The Hall–Kier alpha value is -0.580. The molecular formula is C11H19NO3. The number of hydroxylamine groups is 1. The zero-order valence-electron chi connectivity index (χ0n) is 9.41. The summed E-state index contributed by atoms with van der Waals surface area (Å²) in [6.07, 6.45) is 7.74. The minimum Gasteiger partial charge on any atom is -0.350 e. The van der Waals surface area contributed by atoms with E-state index in [1.165, 1.54) is 19.3 Å². The van der Waals surface area contributed by atoms with Crippen LogP contribution in [0.3, 0.4) is 0 Å². The van der Waals surface area contributed by atoms with Gasteiger partial charge < -0.3 is 9.47 Å². The van der Waals surface area contributed by atoms with Crippen LogP contribution in [0, 0.1) is 0 Å². The first-order valence-corrected chi connectivity index (χ1v) is 5.52. The summed E-state index contributed by atoms with van der Waals surface area (Å²) in [5.41, 5.74) is 3.71. The van der Waals surface area contributed by atoms with Crippen molar-refractivity contribution in [3.05, 3.63) is 11.8 Å². The molecule has 2 aliphatic rings. The Morgan fingerprint density at radius 1 is 1.27 bits per heavy atom. The first kappa shape index (κ1) is 10.9. The van der Waals surface area contributed by atoms with Gasteiger partial charge in [-0.1, -0.05) is 19.3 Å². The molecule has 15 heavy (non-hydrogen) atoms. The minimum atomic E-state index is -0.341. The third kappa shape index (κ3) is 2.17. The van der Waals surface area contributed by atoms with Crippen LogP contribution in [-0.2, 0) is 14.3 Å². The Kier molecular flexibility index (Phi) is 3.29. The topological polar surface area (TPSA) is 39.7 Å². The molecule has 0 aromatic rings. The van der Waals surface area contributed by atoms with Gasteiger partial charge in [0.2, 0.25) is 0 Å².